The number of aliphatic imine (C=N–C) groups is 1. The van der Waals surface area contributed by atoms with Gasteiger partial charge in [0.1, 0.15) is 0 Å². The van der Waals surface area contributed by atoms with E-state index in [4.69, 9.17) is 0 Å². The minimum absolute atomic E-state index is 0.164. The molecule has 0 radical (unpaired) electrons. The molecule has 6 heteroatoms. The number of aryl methyl sites for hydroxylation is 2. The predicted molar refractivity (Wildman–Crippen MR) is 52.0 cm³/mol. The number of carbonyl (C=O) groups is 1. The van der Waals surface area contributed by atoms with E-state index in [0.717, 1.165) is 0 Å². The highest BCUT2D eigenvalue weighted by Gasteiger charge is 2.20. The van der Waals surface area contributed by atoms with Crippen LogP contribution in [0.2, 0.25) is 0 Å². The number of rotatable bonds is 2. The number of amides is 1. The molecule has 0 aliphatic rings. The van der Waals surface area contributed by atoms with Crippen LogP contribution in [-0.2, 0) is 6.54 Å². The molecule has 1 heterocycles. The molecule has 1 aromatic rings. The summed E-state index contributed by atoms with van der Waals surface area (Å²) in [7, 11) is 0. The van der Waals surface area contributed by atoms with Crippen molar-refractivity contribution in [2.24, 2.45) is 4.99 Å². The summed E-state index contributed by atoms with van der Waals surface area (Å²) in [6.07, 6.45) is 0. The number of isothiocyanates is 1. The molecular formula is C8H8FN3OS. The monoisotopic (exact) mass is 213 g/mol. The molecule has 0 aromatic carbocycles. The summed E-state index contributed by atoms with van der Waals surface area (Å²) in [4.78, 5) is 14.5. The first-order chi connectivity index (χ1) is 6.61. The Morgan fingerprint density at radius 2 is 2.43 bits per heavy atom. The highest BCUT2D eigenvalue weighted by molar-refractivity contribution is 7.78. The first kappa shape index (κ1) is 10.7. The second-order valence-electron chi connectivity index (χ2n) is 2.57. The van der Waals surface area contributed by atoms with E-state index in [9.17, 15) is 9.18 Å². The van der Waals surface area contributed by atoms with Gasteiger partial charge in [-0.05, 0) is 26.1 Å². The molecule has 1 aromatic heterocycles. The first-order valence-corrected chi connectivity index (χ1v) is 4.37. The van der Waals surface area contributed by atoms with Gasteiger partial charge in [-0.25, -0.2) is 4.39 Å². The lowest BCUT2D eigenvalue weighted by molar-refractivity contribution is 0.0989. The zero-order valence-corrected chi connectivity index (χ0v) is 8.56. The van der Waals surface area contributed by atoms with Gasteiger partial charge in [0.15, 0.2) is 11.5 Å². The summed E-state index contributed by atoms with van der Waals surface area (Å²) in [6.45, 7) is 3.64. The molecule has 14 heavy (non-hydrogen) atoms. The Bertz CT molecular complexity index is 420. The second kappa shape index (κ2) is 4.21. The van der Waals surface area contributed by atoms with Gasteiger partial charge in [0.25, 0.3) is 0 Å². The fourth-order valence-corrected chi connectivity index (χ4v) is 1.17. The zero-order chi connectivity index (χ0) is 10.7. The minimum atomic E-state index is -0.750. The molecule has 0 bridgehead atoms. The Morgan fingerprint density at radius 1 is 1.79 bits per heavy atom. The Kier molecular flexibility index (Phi) is 3.22. The van der Waals surface area contributed by atoms with Crippen LogP contribution >= 0.6 is 12.2 Å². The van der Waals surface area contributed by atoms with Crippen LogP contribution in [0.4, 0.5) is 4.39 Å². The summed E-state index contributed by atoms with van der Waals surface area (Å²) < 4.78 is 14.6. The summed E-state index contributed by atoms with van der Waals surface area (Å²) in [6, 6.07) is 0. The third kappa shape index (κ3) is 1.76. The van der Waals surface area contributed by atoms with Crippen molar-refractivity contribution in [1.82, 2.24) is 9.78 Å². The molecule has 0 aliphatic carbocycles. The molecule has 0 N–H and O–H groups in total. The van der Waals surface area contributed by atoms with E-state index in [1.807, 2.05) is 5.16 Å². The normalized spacial score (nSPS) is 9.64. The fraction of sp³-hybridized carbons (Fsp3) is 0.375. The number of hydrogen-bond donors (Lipinski definition) is 0. The van der Waals surface area contributed by atoms with Crippen LogP contribution in [0.3, 0.4) is 0 Å². The Labute approximate surface area is 85.4 Å². The summed E-state index contributed by atoms with van der Waals surface area (Å²) >= 11 is 4.27. The molecule has 1 amide bonds. The highest BCUT2D eigenvalue weighted by Crippen LogP contribution is 2.12. The fourth-order valence-electron chi connectivity index (χ4n) is 1.09. The third-order valence-corrected chi connectivity index (χ3v) is 1.79. The smallest absolute Gasteiger partial charge is 0.264 e. The van der Waals surface area contributed by atoms with E-state index in [1.165, 1.54) is 11.6 Å². The van der Waals surface area contributed by atoms with E-state index in [0.29, 0.717) is 6.54 Å². The van der Waals surface area contributed by atoms with Crippen molar-refractivity contribution in [2.45, 2.75) is 20.4 Å². The lowest BCUT2D eigenvalue weighted by Gasteiger charge is -1.98. The number of thiocarbonyl (C=S) groups is 1. The number of hydrogen-bond acceptors (Lipinski definition) is 3. The van der Waals surface area contributed by atoms with Crippen molar-refractivity contribution < 1.29 is 9.18 Å². The maximum atomic E-state index is 13.4. The van der Waals surface area contributed by atoms with Crippen LogP contribution in [0.5, 0.6) is 0 Å². The number of nitrogens with zero attached hydrogens (tertiary/aromatic N) is 3. The van der Waals surface area contributed by atoms with Crippen molar-refractivity contribution >= 4 is 23.3 Å². The first-order valence-electron chi connectivity index (χ1n) is 3.96. The third-order valence-electron chi connectivity index (χ3n) is 1.70. The molecule has 0 fully saturated rings. The molecule has 0 aliphatic heterocycles. The van der Waals surface area contributed by atoms with Crippen molar-refractivity contribution in [3.8, 4) is 0 Å². The van der Waals surface area contributed by atoms with Crippen LogP contribution in [0, 0.1) is 12.7 Å². The number of halogens is 1. The number of carbonyl (C=O) groups excluding carboxylic acids is 1. The Morgan fingerprint density at radius 3 is 2.93 bits per heavy atom. The molecule has 0 spiro atoms. The van der Waals surface area contributed by atoms with Gasteiger partial charge in [0.05, 0.1) is 10.9 Å². The topological polar surface area (TPSA) is 47.2 Å². The molecule has 74 valence electrons. The van der Waals surface area contributed by atoms with E-state index in [-0.39, 0.29) is 11.4 Å². The summed E-state index contributed by atoms with van der Waals surface area (Å²) in [5.41, 5.74) is 0.0112. The summed E-state index contributed by atoms with van der Waals surface area (Å²) in [5.74, 6) is -1.40. The van der Waals surface area contributed by atoms with Crippen LogP contribution in [0.1, 0.15) is 23.1 Å². The van der Waals surface area contributed by atoms with Crippen molar-refractivity contribution in [3.63, 3.8) is 0 Å². The molecule has 4 nitrogen and oxygen atoms in total. The molecule has 0 saturated carbocycles. The van der Waals surface area contributed by atoms with Gasteiger partial charge in [-0.15, -0.1) is 0 Å². The van der Waals surface area contributed by atoms with Crippen molar-refractivity contribution in [1.29, 1.82) is 0 Å². The molecule has 0 saturated heterocycles. The lowest BCUT2D eigenvalue weighted by Crippen LogP contribution is -2.08. The van der Waals surface area contributed by atoms with Crippen LogP contribution in [0.15, 0.2) is 4.99 Å². The molecule has 1 rings (SSSR count). The largest absolute Gasteiger partial charge is 0.307 e. The van der Waals surface area contributed by atoms with Gasteiger partial charge in [-0.2, -0.15) is 10.1 Å². The van der Waals surface area contributed by atoms with Gasteiger partial charge in [0.2, 0.25) is 0 Å². The Balaban J connectivity index is 3.30. The summed E-state index contributed by atoms with van der Waals surface area (Å²) in [5, 5.41) is 5.74. The maximum absolute atomic E-state index is 13.4. The SMILES string of the molecule is CCn1nc(C)c(F)c1C(=O)N=C=S. The highest BCUT2D eigenvalue weighted by atomic mass is 32.1. The van der Waals surface area contributed by atoms with Gasteiger partial charge in [-0.1, -0.05) is 0 Å². The molecular weight excluding hydrogens is 205 g/mol. The van der Waals surface area contributed by atoms with E-state index < -0.39 is 11.7 Å². The zero-order valence-electron chi connectivity index (χ0n) is 7.74. The number of aromatic nitrogens is 2. The van der Waals surface area contributed by atoms with Gasteiger partial charge >= 0.3 is 5.91 Å². The average Bonchev–Trinajstić information content (AvgIpc) is 2.43. The van der Waals surface area contributed by atoms with Gasteiger partial charge in [0, 0.05) is 6.54 Å². The standard InChI is InChI=1S/C8H8FN3OS/c1-3-12-7(8(13)10-4-14)6(9)5(2)11-12/h3H2,1-2H3. The lowest BCUT2D eigenvalue weighted by atomic mass is 10.3. The minimum Gasteiger partial charge on any atom is -0.264 e. The van der Waals surface area contributed by atoms with Gasteiger partial charge < -0.3 is 0 Å². The maximum Gasteiger partial charge on any atom is 0.307 e. The van der Waals surface area contributed by atoms with Crippen LogP contribution < -0.4 is 0 Å². The molecule has 0 unspecified atom stereocenters. The van der Waals surface area contributed by atoms with Crippen LogP contribution in [0.25, 0.3) is 0 Å². The van der Waals surface area contributed by atoms with Crippen LogP contribution in [-0.4, -0.2) is 20.8 Å². The van der Waals surface area contributed by atoms with Crippen molar-refractivity contribution in [2.75, 3.05) is 0 Å². The predicted octanol–water partition coefficient (Wildman–Crippen LogP) is 1.59. The van der Waals surface area contributed by atoms with Crippen molar-refractivity contribution in [3.05, 3.63) is 17.2 Å². The van der Waals surface area contributed by atoms with E-state index in [2.05, 4.69) is 22.3 Å². The van der Waals surface area contributed by atoms with Gasteiger partial charge in [-0.3, -0.25) is 9.48 Å². The van der Waals surface area contributed by atoms with E-state index >= 15 is 0 Å². The second-order valence-corrected chi connectivity index (χ2v) is 2.75. The molecule has 0 atom stereocenters. The average molecular weight is 213 g/mol. The Hall–Kier alpha value is -1.39. The van der Waals surface area contributed by atoms with E-state index in [1.54, 1.807) is 6.92 Å². The quantitative estimate of drug-likeness (QED) is 0.553.